The van der Waals surface area contributed by atoms with Crippen molar-refractivity contribution in [2.75, 3.05) is 27.2 Å². The van der Waals surface area contributed by atoms with Gasteiger partial charge < -0.3 is 9.80 Å². The van der Waals surface area contributed by atoms with E-state index in [1.807, 2.05) is 13.8 Å². The summed E-state index contributed by atoms with van der Waals surface area (Å²) in [6.07, 6.45) is 0.896. The van der Waals surface area contributed by atoms with E-state index in [0.717, 1.165) is 24.3 Å². The number of hydrogen-bond donors (Lipinski definition) is 1. The Kier molecular flexibility index (Phi) is 7.69. The number of benzene rings is 2. The molecule has 34 heavy (non-hydrogen) atoms. The van der Waals surface area contributed by atoms with Crippen LogP contribution in [0.25, 0.3) is 0 Å². The molecule has 11 heteroatoms. The van der Waals surface area contributed by atoms with Gasteiger partial charge in [0.15, 0.2) is 0 Å². The first-order chi connectivity index (χ1) is 15.8. The van der Waals surface area contributed by atoms with Gasteiger partial charge in [-0.1, -0.05) is 19.9 Å². The van der Waals surface area contributed by atoms with Crippen molar-refractivity contribution in [3.63, 3.8) is 0 Å². The van der Waals surface area contributed by atoms with Crippen molar-refractivity contribution in [1.29, 1.82) is 0 Å². The molecule has 1 N–H and O–H groups in total. The summed E-state index contributed by atoms with van der Waals surface area (Å²) in [5.41, 5.74) is 0.491. The molecule has 0 aromatic heterocycles. The van der Waals surface area contributed by atoms with Crippen LogP contribution in [0.4, 0.5) is 9.18 Å². The maximum Gasteiger partial charge on any atom is 0.319 e. The van der Waals surface area contributed by atoms with Crippen LogP contribution in [0.15, 0.2) is 57.2 Å². The van der Waals surface area contributed by atoms with Crippen LogP contribution < -0.4 is 4.72 Å². The number of likely N-dealkylation sites (tertiary alicyclic amines) is 1. The van der Waals surface area contributed by atoms with E-state index in [0.29, 0.717) is 31.5 Å². The van der Waals surface area contributed by atoms with Crippen molar-refractivity contribution in [1.82, 2.24) is 14.5 Å². The molecule has 1 aliphatic heterocycles. The Balaban J connectivity index is 1.90. The number of urea groups is 1. The average Bonchev–Trinajstić information content (AvgIpc) is 2.78. The van der Waals surface area contributed by atoms with Crippen molar-refractivity contribution in [3.8, 4) is 0 Å². The maximum atomic E-state index is 13.4. The van der Waals surface area contributed by atoms with Crippen LogP contribution in [-0.4, -0.2) is 65.9 Å². The number of amides is 2. The molecule has 8 nitrogen and oxygen atoms in total. The van der Waals surface area contributed by atoms with Gasteiger partial charge in [-0.2, -0.15) is 0 Å². The molecule has 3 rings (SSSR count). The monoisotopic (exact) mass is 511 g/mol. The molecule has 0 spiro atoms. The predicted molar refractivity (Wildman–Crippen MR) is 126 cm³/mol. The zero-order chi connectivity index (χ0) is 25.3. The lowest BCUT2D eigenvalue weighted by Crippen LogP contribution is -2.49. The first kappa shape index (κ1) is 26.1. The van der Waals surface area contributed by atoms with Gasteiger partial charge in [0.25, 0.3) is 0 Å². The highest BCUT2D eigenvalue weighted by Crippen LogP contribution is 2.30. The van der Waals surface area contributed by atoms with E-state index < -0.39 is 25.7 Å². The van der Waals surface area contributed by atoms with E-state index in [4.69, 9.17) is 0 Å². The predicted octanol–water partition coefficient (Wildman–Crippen LogP) is 3.21. The van der Waals surface area contributed by atoms with Crippen LogP contribution in [0.1, 0.15) is 38.2 Å². The Morgan fingerprint density at radius 1 is 1.00 bits per heavy atom. The standard InChI is InChI=1S/C23H30FN3O5S2/c1-16(2)21-10-9-20(33(29,30)19-7-5-17(24)6-8-19)15-22(21)34(31,32)25-18-11-13-27(14-12-18)23(28)26(3)4/h5-10,15-16,18,25H,11-14H2,1-4H3. The zero-order valence-electron chi connectivity index (χ0n) is 19.7. The first-order valence-electron chi connectivity index (χ1n) is 11.0. The van der Waals surface area contributed by atoms with Gasteiger partial charge in [-0.25, -0.2) is 30.7 Å². The van der Waals surface area contributed by atoms with Crippen molar-refractivity contribution in [2.24, 2.45) is 0 Å². The van der Waals surface area contributed by atoms with Gasteiger partial charge in [0, 0.05) is 33.2 Å². The van der Waals surface area contributed by atoms with Crippen LogP contribution in [0.5, 0.6) is 0 Å². The SMILES string of the molecule is CC(C)c1ccc(S(=O)(=O)c2ccc(F)cc2)cc1S(=O)(=O)NC1CCN(C(=O)N(C)C)CC1. The smallest absolute Gasteiger partial charge is 0.319 e. The molecule has 1 heterocycles. The topological polar surface area (TPSA) is 104 Å². The molecule has 0 bridgehead atoms. The molecule has 0 unspecified atom stereocenters. The van der Waals surface area contributed by atoms with Gasteiger partial charge in [-0.15, -0.1) is 0 Å². The second-order valence-electron chi connectivity index (χ2n) is 8.87. The van der Waals surface area contributed by atoms with Crippen LogP contribution in [0.3, 0.4) is 0 Å². The summed E-state index contributed by atoms with van der Waals surface area (Å²) < 4.78 is 68.8. The molecule has 0 atom stereocenters. The summed E-state index contributed by atoms with van der Waals surface area (Å²) in [7, 11) is -4.77. The van der Waals surface area contributed by atoms with E-state index in [1.165, 1.54) is 23.1 Å². The zero-order valence-corrected chi connectivity index (χ0v) is 21.3. The number of sulfone groups is 1. The minimum absolute atomic E-state index is 0.0996. The highest BCUT2D eigenvalue weighted by Gasteiger charge is 2.30. The van der Waals surface area contributed by atoms with Crippen LogP contribution in [-0.2, 0) is 19.9 Å². The molecule has 0 radical (unpaired) electrons. The Hall–Kier alpha value is -2.50. The number of nitrogens with zero attached hydrogens (tertiary/aromatic N) is 2. The Bertz CT molecular complexity index is 1250. The molecule has 2 aromatic carbocycles. The Morgan fingerprint density at radius 3 is 2.09 bits per heavy atom. The minimum Gasteiger partial charge on any atom is -0.331 e. The number of hydrogen-bond acceptors (Lipinski definition) is 5. The number of sulfonamides is 1. The third kappa shape index (κ3) is 5.59. The Morgan fingerprint density at radius 2 is 1.56 bits per heavy atom. The maximum absolute atomic E-state index is 13.4. The van der Waals surface area contributed by atoms with E-state index in [-0.39, 0.29) is 32.7 Å². The molecule has 0 aliphatic carbocycles. The highest BCUT2D eigenvalue weighted by molar-refractivity contribution is 7.91. The Labute approximate surface area is 200 Å². The van der Waals surface area contributed by atoms with Gasteiger partial charge >= 0.3 is 6.03 Å². The van der Waals surface area contributed by atoms with Crippen molar-refractivity contribution in [3.05, 3.63) is 53.8 Å². The fraction of sp³-hybridized carbons (Fsp3) is 0.435. The number of nitrogens with one attached hydrogen (secondary N) is 1. The summed E-state index contributed by atoms with van der Waals surface area (Å²) in [6, 6.07) is 7.93. The van der Waals surface area contributed by atoms with Gasteiger partial charge in [-0.05, 0) is 60.7 Å². The molecule has 1 fully saturated rings. The van der Waals surface area contributed by atoms with Gasteiger partial charge in [0.2, 0.25) is 19.9 Å². The molecule has 1 aliphatic rings. The largest absolute Gasteiger partial charge is 0.331 e. The van der Waals surface area contributed by atoms with Crippen molar-refractivity contribution in [2.45, 2.75) is 53.3 Å². The molecule has 0 saturated carbocycles. The first-order valence-corrected chi connectivity index (χ1v) is 13.9. The number of rotatable bonds is 6. The molecule has 2 amide bonds. The molecule has 2 aromatic rings. The number of piperidine rings is 1. The lowest BCUT2D eigenvalue weighted by molar-refractivity contribution is 0.155. The van der Waals surface area contributed by atoms with E-state index in [9.17, 15) is 26.0 Å². The second-order valence-corrected chi connectivity index (χ2v) is 12.5. The third-order valence-electron chi connectivity index (χ3n) is 5.80. The molecular formula is C23H30FN3O5S2. The quantitative estimate of drug-likeness (QED) is 0.600. The van der Waals surface area contributed by atoms with Gasteiger partial charge in [0.1, 0.15) is 5.82 Å². The number of halogens is 1. The van der Waals surface area contributed by atoms with E-state index in [2.05, 4.69) is 4.72 Å². The summed E-state index contributed by atoms with van der Waals surface area (Å²) in [6.45, 7) is 4.49. The summed E-state index contributed by atoms with van der Waals surface area (Å²) in [5.74, 6) is -0.742. The summed E-state index contributed by atoms with van der Waals surface area (Å²) in [5, 5.41) is 0. The number of carbonyl (C=O) groups is 1. The average molecular weight is 512 g/mol. The summed E-state index contributed by atoms with van der Waals surface area (Å²) in [4.78, 5) is 14.9. The molecule has 186 valence electrons. The highest BCUT2D eigenvalue weighted by atomic mass is 32.2. The fourth-order valence-electron chi connectivity index (χ4n) is 3.90. The van der Waals surface area contributed by atoms with Crippen LogP contribution in [0.2, 0.25) is 0 Å². The number of carbonyl (C=O) groups excluding carboxylic acids is 1. The summed E-state index contributed by atoms with van der Waals surface area (Å²) >= 11 is 0. The fourth-order valence-corrected chi connectivity index (χ4v) is 6.95. The van der Waals surface area contributed by atoms with Crippen molar-refractivity contribution < 1.29 is 26.0 Å². The van der Waals surface area contributed by atoms with E-state index >= 15 is 0 Å². The van der Waals surface area contributed by atoms with E-state index in [1.54, 1.807) is 19.0 Å². The third-order valence-corrected chi connectivity index (χ3v) is 9.14. The van der Waals surface area contributed by atoms with Gasteiger partial charge in [-0.3, -0.25) is 0 Å². The lowest BCUT2D eigenvalue weighted by Gasteiger charge is -2.34. The lowest BCUT2D eigenvalue weighted by atomic mass is 10.0. The molecule has 1 saturated heterocycles. The van der Waals surface area contributed by atoms with Gasteiger partial charge in [0.05, 0.1) is 14.7 Å². The second kappa shape index (κ2) is 10.0. The van der Waals surface area contributed by atoms with Crippen LogP contribution >= 0.6 is 0 Å². The van der Waals surface area contributed by atoms with Crippen molar-refractivity contribution >= 4 is 25.9 Å². The van der Waals surface area contributed by atoms with Crippen LogP contribution in [0, 0.1) is 5.82 Å². The minimum atomic E-state index is -4.05. The normalized spacial score (nSPS) is 15.5. The molecular weight excluding hydrogens is 481 g/mol.